The highest BCUT2D eigenvalue weighted by molar-refractivity contribution is 4.70. The third kappa shape index (κ3) is 5.50. The molecule has 0 radical (unpaired) electrons. The Balaban J connectivity index is 2.07. The molecule has 90 valence electrons. The summed E-state index contributed by atoms with van der Waals surface area (Å²) in [7, 11) is 3.94. The molecule has 0 N–H and O–H groups in total. The Morgan fingerprint density at radius 3 is 2.87 bits per heavy atom. The number of hydrogen-bond acceptors (Lipinski definition) is 3. The van der Waals surface area contributed by atoms with Gasteiger partial charge in [-0.15, -0.1) is 0 Å². The Kier molecular flexibility index (Phi) is 6.22. The molecule has 1 aliphatic rings. The van der Waals surface area contributed by atoms with Crippen molar-refractivity contribution in [2.24, 2.45) is 5.92 Å². The fourth-order valence-corrected chi connectivity index (χ4v) is 2.16. The summed E-state index contributed by atoms with van der Waals surface area (Å²) in [4.78, 5) is 4.94. The van der Waals surface area contributed by atoms with Crippen molar-refractivity contribution in [2.45, 2.75) is 19.8 Å². The van der Waals surface area contributed by atoms with E-state index in [2.05, 4.69) is 23.8 Å². The van der Waals surface area contributed by atoms with Crippen molar-refractivity contribution in [3.8, 4) is 0 Å². The smallest absolute Gasteiger partial charge is 0.0589 e. The summed E-state index contributed by atoms with van der Waals surface area (Å²) >= 11 is 0. The molecule has 3 nitrogen and oxygen atoms in total. The quantitative estimate of drug-likeness (QED) is 0.663. The Morgan fingerprint density at radius 1 is 1.40 bits per heavy atom. The average molecular weight is 214 g/mol. The van der Waals surface area contributed by atoms with Gasteiger partial charge in [-0.3, -0.25) is 0 Å². The number of hydrogen-bond donors (Lipinski definition) is 0. The van der Waals surface area contributed by atoms with Gasteiger partial charge in [0.2, 0.25) is 0 Å². The van der Waals surface area contributed by atoms with Crippen molar-refractivity contribution in [3.63, 3.8) is 0 Å². The molecule has 0 saturated carbocycles. The van der Waals surface area contributed by atoms with E-state index in [1.165, 1.54) is 32.5 Å². The maximum Gasteiger partial charge on any atom is 0.0589 e. The van der Waals surface area contributed by atoms with Crippen LogP contribution in [0.15, 0.2) is 0 Å². The Morgan fingerprint density at radius 2 is 2.20 bits per heavy atom. The Bertz CT molecular complexity index is 164. The molecule has 1 aliphatic heterocycles. The van der Waals surface area contributed by atoms with E-state index in [0.29, 0.717) is 0 Å². The predicted octanol–water partition coefficient (Wildman–Crippen LogP) is 1.30. The van der Waals surface area contributed by atoms with E-state index in [4.69, 9.17) is 4.74 Å². The molecular weight excluding hydrogens is 188 g/mol. The normalized spacial score (nSPS) is 23.6. The van der Waals surface area contributed by atoms with E-state index < -0.39 is 0 Å². The molecule has 1 fully saturated rings. The van der Waals surface area contributed by atoms with Crippen molar-refractivity contribution < 1.29 is 4.74 Å². The lowest BCUT2D eigenvalue weighted by Crippen LogP contribution is -2.39. The maximum atomic E-state index is 5.07. The molecule has 0 bridgehead atoms. The zero-order valence-corrected chi connectivity index (χ0v) is 10.5. The van der Waals surface area contributed by atoms with Crippen LogP contribution in [0.5, 0.6) is 0 Å². The molecule has 1 heterocycles. The minimum atomic E-state index is 0.840. The van der Waals surface area contributed by atoms with E-state index in [1.54, 1.807) is 7.11 Å². The average Bonchev–Trinajstić information content (AvgIpc) is 2.23. The molecular formula is C12H26N2O. The summed E-state index contributed by atoms with van der Waals surface area (Å²) in [6.45, 7) is 9.20. The third-order valence-corrected chi connectivity index (χ3v) is 3.22. The predicted molar refractivity (Wildman–Crippen MR) is 64.2 cm³/mol. The molecule has 1 atom stereocenters. The lowest BCUT2D eigenvalue weighted by molar-refractivity contribution is 0.135. The summed E-state index contributed by atoms with van der Waals surface area (Å²) in [5.74, 6) is 0.892. The number of likely N-dealkylation sites (tertiary alicyclic amines) is 1. The largest absolute Gasteiger partial charge is 0.383 e. The highest BCUT2D eigenvalue weighted by Crippen LogP contribution is 2.14. The van der Waals surface area contributed by atoms with E-state index in [0.717, 1.165) is 25.6 Å². The summed E-state index contributed by atoms with van der Waals surface area (Å²) in [6.07, 6.45) is 2.79. The molecule has 1 rings (SSSR count). The SMILES string of the molecule is COCCN(C)CCN1CCC[C@H](C)C1. The van der Waals surface area contributed by atoms with Crippen LogP contribution in [0.25, 0.3) is 0 Å². The molecule has 0 aromatic heterocycles. The molecule has 0 aromatic rings. The summed E-state index contributed by atoms with van der Waals surface area (Å²) in [5.41, 5.74) is 0. The Hall–Kier alpha value is -0.120. The summed E-state index contributed by atoms with van der Waals surface area (Å²) in [5, 5.41) is 0. The minimum Gasteiger partial charge on any atom is -0.383 e. The number of likely N-dealkylation sites (N-methyl/N-ethyl adjacent to an activating group) is 1. The van der Waals surface area contributed by atoms with E-state index in [1.807, 2.05) is 0 Å². The molecule has 0 amide bonds. The van der Waals surface area contributed by atoms with Gasteiger partial charge in [0, 0.05) is 33.3 Å². The number of piperidine rings is 1. The zero-order chi connectivity index (χ0) is 11.1. The second kappa shape index (κ2) is 7.20. The van der Waals surface area contributed by atoms with Crippen LogP contribution in [-0.2, 0) is 4.74 Å². The topological polar surface area (TPSA) is 15.7 Å². The number of ether oxygens (including phenoxy) is 1. The second-order valence-electron chi connectivity index (χ2n) is 4.84. The van der Waals surface area contributed by atoms with Gasteiger partial charge >= 0.3 is 0 Å². The first kappa shape index (κ1) is 12.9. The Labute approximate surface area is 94.4 Å². The van der Waals surface area contributed by atoms with Crippen LogP contribution in [0.2, 0.25) is 0 Å². The van der Waals surface area contributed by atoms with Gasteiger partial charge in [-0.05, 0) is 32.4 Å². The fourth-order valence-electron chi connectivity index (χ4n) is 2.16. The van der Waals surface area contributed by atoms with E-state index in [9.17, 15) is 0 Å². The van der Waals surface area contributed by atoms with Crippen molar-refractivity contribution in [1.29, 1.82) is 0 Å². The van der Waals surface area contributed by atoms with Gasteiger partial charge in [-0.25, -0.2) is 0 Å². The molecule has 1 saturated heterocycles. The van der Waals surface area contributed by atoms with Crippen molar-refractivity contribution in [1.82, 2.24) is 9.80 Å². The van der Waals surface area contributed by atoms with E-state index >= 15 is 0 Å². The first-order valence-electron chi connectivity index (χ1n) is 6.12. The molecule has 0 aliphatic carbocycles. The summed E-state index contributed by atoms with van der Waals surface area (Å²) < 4.78 is 5.07. The molecule has 3 heteroatoms. The van der Waals surface area contributed by atoms with Crippen molar-refractivity contribution in [2.75, 3.05) is 53.5 Å². The zero-order valence-electron chi connectivity index (χ0n) is 10.5. The molecule has 15 heavy (non-hydrogen) atoms. The first-order valence-corrected chi connectivity index (χ1v) is 6.12. The van der Waals surface area contributed by atoms with Crippen LogP contribution in [0.1, 0.15) is 19.8 Å². The highest BCUT2D eigenvalue weighted by Gasteiger charge is 2.15. The van der Waals surface area contributed by atoms with Crippen LogP contribution in [-0.4, -0.2) is 63.3 Å². The summed E-state index contributed by atoms with van der Waals surface area (Å²) in [6, 6.07) is 0. The van der Waals surface area contributed by atoms with Crippen molar-refractivity contribution in [3.05, 3.63) is 0 Å². The van der Waals surface area contributed by atoms with E-state index in [-0.39, 0.29) is 0 Å². The van der Waals surface area contributed by atoms with Crippen LogP contribution in [0.4, 0.5) is 0 Å². The van der Waals surface area contributed by atoms with Crippen LogP contribution >= 0.6 is 0 Å². The number of methoxy groups -OCH3 is 1. The van der Waals surface area contributed by atoms with Crippen molar-refractivity contribution >= 4 is 0 Å². The third-order valence-electron chi connectivity index (χ3n) is 3.22. The highest BCUT2D eigenvalue weighted by atomic mass is 16.5. The van der Waals surface area contributed by atoms with Crippen LogP contribution in [0.3, 0.4) is 0 Å². The minimum absolute atomic E-state index is 0.840. The number of nitrogens with zero attached hydrogens (tertiary/aromatic N) is 2. The number of rotatable bonds is 6. The lowest BCUT2D eigenvalue weighted by atomic mass is 10.0. The van der Waals surface area contributed by atoms with Gasteiger partial charge < -0.3 is 14.5 Å². The second-order valence-corrected chi connectivity index (χ2v) is 4.84. The van der Waals surface area contributed by atoms with Crippen LogP contribution < -0.4 is 0 Å². The maximum absolute atomic E-state index is 5.07. The molecule has 0 aromatic carbocycles. The van der Waals surface area contributed by atoms with Gasteiger partial charge in [0.15, 0.2) is 0 Å². The van der Waals surface area contributed by atoms with Gasteiger partial charge in [-0.1, -0.05) is 6.92 Å². The van der Waals surface area contributed by atoms with Gasteiger partial charge in [0.1, 0.15) is 0 Å². The van der Waals surface area contributed by atoms with Gasteiger partial charge in [0.05, 0.1) is 6.61 Å². The monoisotopic (exact) mass is 214 g/mol. The molecule has 0 unspecified atom stereocenters. The fraction of sp³-hybridized carbons (Fsp3) is 1.00. The van der Waals surface area contributed by atoms with Gasteiger partial charge in [0.25, 0.3) is 0 Å². The first-order chi connectivity index (χ1) is 7.22. The standard InChI is InChI=1S/C12H26N2O/c1-12-5-4-6-14(11-12)8-7-13(2)9-10-15-3/h12H,4-11H2,1-3H3/t12-/m0/s1. The lowest BCUT2D eigenvalue weighted by Gasteiger charge is -2.32. The molecule has 0 spiro atoms. The van der Waals surface area contributed by atoms with Crippen LogP contribution in [0, 0.1) is 5.92 Å². The van der Waals surface area contributed by atoms with Gasteiger partial charge in [-0.2, -0.15) is 0 Å².